The second-order valence-corrected chi connectivity index (χ2v) is 7.07. The molecule has 4 heteroatoms. The second-order valence-electron chi connectivity index (χ2n) is 7.07. The van der Waals surface area contributed by atoms with Crippen LogP contribution >= 0.6 is 0 Å². The maximum atomic E-state index is 12.6. The molecule has 1 saturated carbocycles. The first kappa shape index (κ1) is 16.7. The molecule has 1 amide bonds. The van der Waals surface area contributed by atoms with Crippen molar-refractivity contribution < 1.29 is 4.79 Å². The lowest BCUT2D eigenvalue weighted by Crippen LogP contribution is -2.35. The van der Waals surface area contributed by atoms with Gasteiger partial charge in [0.25, 0.3) is 0 Å². The molecule has 3 rings (SSSR count). The summed E-state index contributed by atoms with van der Waals surface area (Å²) in [4.78, 5) is 17.3. The predicted octanol–water partition coefficient (Wildman–Crippen LogP) is 4.37. The number of amides is 1. The van der Waals surface area contributed by atoms with Crippen molar-refractivity contribution in [2.75, 3.05) is 0 Å². The standard InChI is InChI=1S/C20H27N3O/c1-14(2)13-23-18-12-8-7-11-17(18)22-19(23)15(3)21-20(24)16-9-5-4-6-10-16/h7-8,11-12,15-16H,1,4-6,9-10,13H2,2-3H3,(H,21,24). The number of hydrogen-bond acceptors (Lipinski definition) is 2. The van der Waals surface area contributed by atoms with Gasteiger partial charge in [-0.2, -0.15) is 0 Å². The molecule has 0 aliphatic heterocycles. The molecular weight excluding hydrogens is 298 g/mol. The molecule has 1 fully saturated rings. The molecule has 2 aromatic rings. The van der Waals surface area contributed by atoms with Crippen LogP contribution in [0.2, 0.25) is 0 Å². The van der Waals surface area contributed by atoms with Gasteiger partial charge in [0.1, 0.15) is 5.82 Å². The molecule has 0 saturated heterocycles. The van der Waals surface area contributed by atoms with Crippen molar-refractivity contribution in [3.05, 3.63) is 42.2 Å². The van der Waals surface area contributed by atoms with E-state index < -0.39 is 0 Å². The van der Waals surface area contributed by atoms with Gasteiger partial charge in [0.2, 0.25) is 5.91 Å². The molecule has 4 nitrogen and oxygen atoms in total. The minimum absolute atomic E-state index is 0.105. The zero-order valence-electron chi connectivity index (χ0n) is 14.7. The molecule has 1 aliphatic carbocycles. The van der Waals surface area contributed by atoms with E-state index in [1.165, 1.54) is 19.3 Å². The molecule has 128 valence electrons. The summed E-state index contributed by atoms with van der Waals surface area (Å²) < 4.78 is 2.17. The van der Waals surface area contributed by atoms with Gasteiger partial charge >= 0.3 is 0 Å². The van der Waals surface area contributed by atoms with Crippen molar-refractivity contribution in [1.82, 2.24) is 14.9 Å². The average molecular weight is 325 g/mol. The molecule has 0 spiro atoms. The fraction of sp³-hybridized carbons (Fsp3) is 0.500. The molecule has 1 aromatic heterocycles. The van der Waals surface area contributed by atoms with Gasteiger partial charge in [-0.15, -0.1) is 0 Å². The Labute approximate surface area is 144 Å². The SMILES string of the molecule is C=C(C)Cn1c(C(C)NC(=O)C2CCCCC2)nc2ccccc21. The number of nitrogens with zero attached hydrogens (tertiary/aromatic N) is 2. The molecule has 24 heavy (non-hydrogen) atoms. The van der Waals surface area contributed by atoms with Crippen LogP contribution in [0.3, 0.4) is 0 Å². The van der Waals surface area contributed by atoms with E-state index in [9.17, 15) is 4.79 Å². The van der Waals surface area contributed by atoms with E-state index in [-0.39, 0.29) is 17.9 Å². The number of carbonyl (C=O) groups is 1. The first-order valence-electron chi connectivity index (χ1n) is 8.96. The van der Waals surface area contributed by atoms with Crippen LogP contribution in [0.25, 0.3) is 11.0 Å². The fourth-order valence-electron chi connectivity index (χ4n) is 3.62. The number of fused-ring (bicyclic) bond motifs is 1. The number of para-hydroxylation sites is 2. The Bertz CT molecular complexity index is 740. The van der Waals surface area contributed by atoms with Crippen molar-refractivity contribution in [3.63, 3.8) is 0 Å². The van der Waals surface area contributed by atoms with Crippen LogP contribution in [-0.4, -0.2) is 15.5 Å². The number of benzene rings is 1. The first-order valence-corrected chi connectivity index (χ1v) is 8.96. The Morgan fingerprint density at radius 2 is 2.04 bits per heavy atom. The van der Waals surface area contributed by atoms with E-state index in [1.54, 1.807) is 0 Å². The van der Waals surface area contributed by atoms with Crippen molar-refractivity contribution in [1.29, 1.82) is 0 Å². The van der Waals surface area contributed by atoms with Gasteiger partial charge in [-0.3, -0.25) is 4.79 Å². The normalized spacial score (nSPS) is 16.9. The summed E-state index contributed by atoms with van der Waals surface area (Å²) in [6.45, 7) is 8.80. The van der Waals surface area contributed by atoms with E-state index in [2.05, 4.69) is 22.5 Å². The Kier molecular flexibility index (Phi) is 5.03. The Morgan fingerprint density at radius 3 is 2.75 bits per heavy atom. The van der Waals surface area contributed by atoms with Crippen LogP contribution in [0.15, 0.2) is 36.4 Å². The third-order valence-electron chi connectivity index (χ3n) is 4.83. The quantitative estimate of drug-likeness (QED) is 0.830. The highest BCUT2D eigenvalue weighted by molar-refractivity contribution is 5.80. The zero-order chi connectivity index (χ0) is 17.1. The largest absolute Gasteiger partial charge is 0.346 e. The Hall–Kier alpha value is -2.10. The number of aromatic nitrogens is 2. The van der Waals surface area contributed by atoms with Gasteiger partial charge in [-0.25, -0.2) is 4.98 Å². The third-order valence-corrected chi connectivity index (χ3v) is 4.83. The zero-order valence-corrected chi connectivity index (χ0v) is 14.7. The number of carbonyl (C=O) groups excluding carboxylic acids is 1. The van der Waals surface area contributed by atoms with Gasteiger partial charge in [-0.1, -0.05) is 43.5 Å². The number of rotatable bonds is 5. The minimum atomic E-state index is -0.105. The van der Waals surface area contributed by atoms with Crippen molar-refractivity contribution in [3.8, 4) is 0 Å². The molecule has 1 aromatic carbocycles. The lowest BCUT2D eigenvalue weighted by Gasteiger charge is -2.23. The smallest absolute Gasteiger partial charge is 0.223 e. The second kappa shape index (κ2) is 7.20. The highest BCUT2D eigenvalue weighted by Gasteiger charge is 2.24. The van der Waals surface area contributed by atoms with Gasteiger partial charge < -0.3 is 9.88 Å². The lowest BCUT2D eigenvalue weighted by molar-refractivity contribution is -0.126. The number of nitrogens with one attached hydrogen (secondary N) is 1. The van der Waals surface area contributed by atoms with Gasteiger partial charge in [-0.05, 0) is 38.8 Å². The summed E-state index contributed by atoms with van der Waals surface area (Å²) in [7, 11) is 0. The molecule has 1 unspecified atom stereocenters. The fourth-order valence-corrected chi connectivity index (χ4v) is 3.62. The summed E-state index contributed by atoms with van der Waals surface area (Å²) in [5.74, 6) is 1.25. The molecule has 1 N–H and O–H groups in total. The number of imidazole rings is 1. The monoisotopic (exact) mass is 325 g/mol. The van der Waals surface area contributed by atoms with Gasteiger partial charge in [0, 0.05) is 12.5 Å². The third kappa shape index (κ3) is 3.53. The van der Waals surface area contributed by atoms with Crippen molar-refractivity contribution >= 4 is 16.9 Å². The molecule has 1 heterocycles. The van der Waals surface area contributed by atoms with Gasteiger partial charge in [0.15, 0.2) is 0 Å². The topological polar surface area (TPSA) is 46.9 Å². The van der Waals surface area contributed by atoms with Crippen LogP contribution in [-0.2, 0) is 11.3 Å². The highest BCUT2D eigenvalue weighted by Crippen LogP contribution is 2.26. The van der Waals surface area contributed by atoms with E-state index in [0.29, 0.717) is 0 Å². The van der Waals surface area contributed by atoms with E-state index in [1.807, 2.05) is 32.0 Å². The van der Waals surface area contributed by atoms with E-state index in [4.69, 9.17) is 4.98 Å². The first-order chi connectivity index (χ1) is 11.6. The highest BCUT2D eigenvalue weighted by atomic mass is 16.1. The summed E-state index contributed by atoms with van der Waals surface area (Å²) in [6.07, 6.45) is 5.62. The minimum Gasteiger partial charge on any atom is -0.346 e. The van der Waals surface area contributed by atoms with E-state index in [0.717, 1.165) is 41.8 Å². The average Bonchev–Trinajstić information content (AvgIpc) is 2.94. The summed E-state index contributed by atoms with van der Waals surface area (Å²) in [5.41, 5.74) is 3.13. The Morgan fingerprint density at radius 1 is 1.33 bits per heavy atom. The molecule has 1 atom stereocenters. The van der Waals surface area contributed by atoms with Crippen LogP contribution in [0.5, 0.6) is 0 Å². The van der Waals surface area contributed by atoms with E-state index >= 15 is 0 Å². The molecule has 1 aliphatic rings. The van der Waals surface area contributed by atoms with Crippen LogP contribution in [0.1, 0.15) is 57.8 Å². The van der Waals surface area contributed by atoms with Crippen LogP contribution < -0.4 is 5.32 Å². The van der Waals surface area contributed by atoms with Crippen LogP contribution in [0.4, 0.5) is 0 Å². The molecule has 0 radical (unpaired) electrons. The maximum absolute atomic E-state index is 12.6. The maximum Gasteiger partial charge on any atom is 0.223 e. The lowest BCUT2D eigenvalue weighted by atomic mass is 9.88. The molecule has 0 bridgehead atoms. The number of hydrogen-bond donors (Lipinski definition) is 1. The summed E-state index contributed by atoms with van der Waals surface area (Å²) >= 11 is 0. The summed E-state index contributed by atoms with van der Waals surface area (Å²) in [6, 6.07) is 8.00. The Balaban J connectivity index is 1.84. The predicted molar refractivity (Wildman–Crippen MR) is 97.7 cm³/mol. The van der Waals surface area contributed by atoms with Gasteiger partial charge in [0.05, 0.1) is 17.1 Å². The number of allylic oxidation sites excluding steroid dienone is 1. The molecular formula is C20H27N3O. The van der Waals surface area contributed by atoms with Crippen molar-refractivity contribution in [2.45, 2.75) is 58.5 Å². The summed E-state index contributed by atoms with van der Waals surface area (Å²) in [5, 5.41) is 3.19. The van der Waals surface area contributed by atoms with Crippen molar-refractivity contribution in [2.24, 2.45) is 5.92 Å². The van der Waals surface area contributed by atoms with Crippen LogP contribution in [0, 0.1) is 5.92 Å².